The molecule has 4 rings (SSSR count). The van der Waals surface area contributed by atoms with E-state index in [-0.39, 0.29) is 11.1 Å². The summed E-state index contributed by atoms with van der Waals surface area (Å²) in [5, 5.41) is 12.1. The number of halogens is 1. The van der Waals surface area contributed by atoms with Crippen LogP contribution in [0.25, 0.3) is 0 Å². The van der Waals surface area contributed by atoms with Crippen LogP contribution in [0.2, 0.25) is 0 Å². The molecule has 31 heavy (non-hydrogen) atoms. The second-order valence-corrected chi connectivity index (χ2v) is 8.29. The number of benzene rings is 2. The zero-order chi connectivity index (χ0) is 21.8. The molecule has 0 atom stereocenters. The van der Waals surface area contributed by atoms with Gasteiger partial charge in [0.2, 0.25) is 0 Å². The average molecular weight is 426 g/mol. The Kier molecular flexibility index (Phi) is 6.51. The minimum absolute atomic E-state index is 0.0713. The summed E-state index contributed by atoms with van der Waals surface area (Å²) in [6, 6.07) is 11.1. The molecule has 0 aromatic heterocycles. The largest absolute Gasteiger partial charge is 0.478 e. The van der Waals surface area contributed by atoms with Gasteiger partial charge in [-0.1, -0.05) is 18.6 Å². The molecule has 0 spiro atoms. The van der Waals surface area contributed by atoms with E-state index < -0.39 is 17.7 Å². The third-order valence-corrected chi connectivity index (χ3v) is 6.32. The summed E-state index contributed by atoms with van der Waals surface area (Å²) in [7, 11) is 0. The van der Waals surface area contributed by atoms with E-state index in [1.54, 1.807) is 18.2 Å². The van der Waals surface area contributed by atoms with Crippen LogP contribution < -0.4 is 10.2 Å². The molecule has 2 aromatic rings. The summed E-state index contributed by atoms with van der Waals surface area (Å²) in [5.41, 5.74) is 1.17. The van der Waals surface area contributed by atoms with Crippen LogP contribution in [0.15, 0.2) is 42.5 Å². The van der Waals surface area contributed by atoms with Crippen molar-refractivity contribution < 1.29 is 19.1 Å². The molecule has 2 fully saturated rings. The molecule has 2 aliphatic heterocycles. The van der Waals surface area contributed by atoms with Crippen LogP contribution in [0, 0.1) is 5.82 Å². The number of rotatable bonds is 5. The first-order valence-electron chi connectivity index (χ1n) is 10.9. The van der Waals surface area contributed by atoms with E-state index in [0.29, 0.717) is 11.7 Å². The molecule has 164 valence electrons. The van der Waals surface area contributed by atoms with Gasteiger partial charge in [0.05, 0.1) is 22.5 Å². The molecule has 0 bridgehead atoms. The normalized spacial score (nSPS) is 18.0. The first kappa shape index (κ1) is 21.3. The number of hydrogen-bond donors (Lipinski definition) is 2. The summed E-state index contributed by atoms with van der Waals surface area (Å²) in [4.78, 5) is 28.9. The highest BCUT2D eigenvalue weighted by Crippen LogP contribution is 2.32. The Labute approximate surface area is 181 Å². The smallest absolute Gasteiger partial charge is 0.335 e. The molecule has 2 N–H and O–H groups in total. The molecule has 0 saturated carbocycles. The van der Waals surface area contributed by atoms with Gasteiger partial charge in [-0.05, 0) is 69.1 Å². The van der Waals surface area contributed by atoms with Crippen molar-refractivity contribution >= 4 is 23.3 Å². The summed E-state index contributed by atoms with van der Waals surface area (Å²) >= 11 is 0. The van der Waals surface area contributed by atoms with Gasteiger partial charge in [0, 0.05) is 19.1 Å². The SMILES string of the molecule is O=C(O)c1ccc(N2CCC(N3CCCCC3)CC2)c(NC(=O)c2ccccc2F)c1. The van der Waals surface area contributed by atoms with Crippen molar-refractivity contribution in [2.24, 2.45) is 0 Å². The number of carboxylic acids is 1. The Morgan fingerprint density at radius 1 is 0.968 bits per heavy atom. The van der Waals surface area contributed by atoms with Crippen LogP contribution in [0.1, 0.15) is 52.8 Å². The van der Waals surface area contributed by atoms with Gasteiger partial charge in [0.15, 0.2) is 0 Å². The molecule has 7 heteroatoms. The predicted octanol–water partition coefficient (Wildman–Crippen LogP) is 4.23. The number of aromatic carboxylic acids is 1. The molecule has 6 nitrogen and oxygen atoms in total. The quantitative estimate of drug-likeness (QED) is 0.750. The number of amides is 1. The fourth-order valence-electron chi connectivity index (χ4n) is 4.64. The Morgan fingerprint density at radius 2 is 1.68 bits per heavy atom. The van der Waals surface area contributed by atoms with Crippen LogP contribution in [0.3, 0.4) is 0 Å². The maximum absolute atomic E-state index is 14.1. The average Bonchev–Trinajstić information content (AvgIpc) is 2.80. The molecule has 2 aliphatic rings. The van der Waals surface area contributed by atoms with Crippen molar-refractivity contribution in [1.29, 1.82) is 0 Å². The van der Waals surface area contributed by atoms with Crippen LogP contribution >= 0.6 is 0 Å². The van der Waals surface area contributed by atoms with E-state index >= 15 is 0 Å². The minimum atomic E-state index is -1.07. The van der Waals surface area contributed by atoms with Crippen molar-refractivity contribution in [2.75, 3.05) is 36.4 Å². The summed E-state index contributed by atoms with van der Waals surface area (Å²) in [5.74, 6) is -2.28. The molecule has 2 saturated heterocycles. The summed E-state index contributed by atoms with van der Waals surface area (Å²) in [6.07, 6.45) is 5.91. The molecule has 1 amide bonds. The number of carboxylic acid groups (broad SMARTS) is 1. The highest BCUT2D eigenvalue weighted by Gasteiger charge is 2.27. The minimum Gasteiger partial charge on any atom is -0.478 e. The van der Waals surface area contributed by atoms with Gasteiger partial charge in [-0.2, -0.15) is 0 Å². The number of carbonyl (C=O) groups is 2. The topological polar surface area (TPSA) is 72.9 Å². The third kappa shape index (κ3) is 4.88. The van der Waals surface area contributed by atoms with Gasteiger partial charge in [0.1, 0.15) is 5.82 Å². The highest BCUT2D eigenvalue weighted by molar-refractivity contribution is 6.07. The summed E-state index contributed by atoms with van der Waals surface area (Å²) < 4.78 is 14.1. The molecule has 0 radical (unpaired) electrons. The van der Waals surface area contributed by atoms with Crippen LogP contribution in [-0.2, 0) is 0 Å². The molecule has 0 unspecified atom stereocenters. The van der Waals surface area contributed by atoms with Gasteiger partial charge in [-0.15, -0.1) is 0 Å². The highest BCUT2D eigenvalue weighted by atomic mass is 19.1. The zero-order valence-electron chi connectivity index (χ0n) is 17.5. The second kappa shape index (κ2) is 9.47. The first-order chi connectivity index (χ1) is 15.0. The zero-order valence-corrected chi connectivity index (χ0v) is 17.5. The van der Waals surface area contributed by atoms with Crippen LogP contribution in [-0.4, -0.2) is 54.1 Å². The summed E-state index contributed by atoms with van der Waals surface area (Å²) in [6.45, 7) is 4.00. The van der Waals surface area contributed by atoms with Crippen molar-refractivity contribution in [3.05, 3.63) is 59.4 Å². The van der Waals surface area contributed by atoms with Gasteiger partial charge in [0.25, 0.3) is 5.91 Å². The molecule has 2 heterocycles. The fourth-order valence-corrected chi connectivity index (χ4v) is 4.64. The fraction of sp³-hybridized carbons (Fsp3) is 0.417. The van der Waals surface area contributed by atoms with Gasteiger partial charge < -0.3 is 20.2 Å². The van der Waals surface area contributed by atoms with E-state index in [9.17, 15) is 19.1 Å². The second-order valence-electron chi connectivity index (χ2n) is 8.29. The lowest BCUT2D eigenvalue weighted by atomic mass is 9.99. The number of likely N-dealkylation sites (tertiary alicyclic amines) is 1. The van der Waals surface area contributed by atoms with E-state index in [1.165, 1.54) is 56.6 Å². The van der Waals surface area contributed by atoms with Crippen LogP contribution in [0.4, 0.5) is 15.8 Å². The van der Waals surface area contributed by atoms with Crippen LogP contribution in [0.5, 0.6) is 0 Å². The lowest BCUT2D eigenvalue weighted by Crippen LogP contribution is -2.46. The maximum Gasteiger partial charge on any atom is 0.335 e. The predicted molar refractivity (Wildman–Crippen MR) is 118 cm³/mol. The number of carbonyl (C=O) groups excluding carboxylic acids is 1. The van der Waals surface area contributed by atoms with E-state index in [1.807, 2.05) is 0 Å². The van der Waals surface area contributed by atoms with E-state index in [0.717, 1.165) is 31.6 Å². The molecular formula is C24H28FN3O3. The van der Waals surface area contributed by atoms with E-state index in [4.69, 9.17) is 0 Å². The molecule has 2 aromatic carbocycles. The number of nitrogens with zero attached hydrogens (tertiary/aromatic N) is 2. The Morgan fingerprint density at radius 3 is 2.35 bits per heavy atom. The number of anilines is 2. The van der Waals surface area contributed by atoms with E-state index in [2.05, 4.69) is 15.1 Å². The Balaban J connectivity index is 1.53. The lowest BCUT2D eigenvalue weighted by Gasteiger charge is -2.41. The monoisotopic (exact) mass is 425 g/mol. The van der Waals surface area contributed by atoms with Gasteiger partial charge >= 0.3 is 5.97 Å². The van der Waals surface area contributed by atoms with Gasteiger partial charge in [-0.3, -0.25) is 4.79 Å². The third-order valence-electron chi connectivity index (χ3n) is 6.32. The standard InChI is InChI=1S/C24H28FN3O3/c25-20-7-3-2-6-19(20)23(29)26-21-16-17(24(30)31)8-9-22(21)28-14-10-18(11-15-28)27-12-4-1-5-13-27/h2-3,6-9,16,18H,1,4-5,10-15H2,(H,26,29)(H,30,31). The van der Waals surface area contributed by atoms with Crippen molar-refractivity contribution in [3.63, 3.8) is 0 Å². The molecular weight excluding hydrogens is 397 g/mol. The lowest BCUT2D eigenvalue weighted by molar-refractivity contribution is 0.0696. The van der Waals surface area contributed by atoms with Crippen molar-refractivity contribution in [1.82, 2.24) is 4.90 Å². The molecule has 0 aliphatic carbocycles. The number of hydrogen-bond acceptors (Lipinski definition) is 4. The maximum atomic E-state index is 14.1. The van der Waals surface area contributed by atoms with Crippen molar-refractivity contribution in [3.8, 4) is 0 Å². The number of piperidine rings is 2. The Bertz CT molecular complexity index is 951. The first-order valence-corrected chi connectivity index (χ1v) is 10.9. The Hall–Kier alpha value is -2.93. The number of nitrogens with one attached hydrogen (secondary N) is 1. The van der Waals surface area contributed by atoms with Gasteiger partial charge in [-0.25, -0.2) is 9.18 Å². The van der Waals surface area contributed by atoms with Crippen molar-refractivity contribution in [2.45, 2.75) is 38.1 Å².